The highest BCUT2D eigenvalue weighted by molar-refractivity contribution is 6.15. The summed E-state index contributed by atoms with van der Waals surface area (Å²) in [7, 11) is 2.11. The fourth-order valence-corrected chi connectivity index (χ4v) is 4.61. The summed E-state index contributed by atoms with van der Waals surface area (Å²) >= 11 is 0. The Morgan fingerprint density at radius 2 is 1.79 bits per heavy atom. The summed E-state index contributed by atoms with van der Waals surface area (Å²) in [6.07, 6.45) is 1.81. The normalized spacial score (nSPS) is 16.4. The number of nitrogens with zero attached hydrogens (tertiary/aromatic N) is 1. The number of aryl methyl sites for hydroxylation is 2. The van der Waals surface area contributed by atoms with Crippen molar-refractivity contribution in [3.63, 3.8) is 0 Å². The van der Waals surface area contributed by atoms with Gasteiger partial charge in [-0.15, -0.1) is 0 Å². The van der Waals surface area contributed by atoms with Crippen LogP contribution in [0.1, 0.15) is 34.5 Å². The number of aromatic nitrogens is 2. The molecule has 1 saturated heterocycles. The molecule has 4 aromatic rings. The van der Waals surface area contributed by atoms with Crippen molar-refractivity contribution in [2.24, 2.45) is 0 Å². The van der Waals surface area contributed by atoms with Crippen LogP contribution >= 0.6 is 0 Å². The highest BCUT2D eigenvalue weighted by atomic mass is 16.5. The van der Waals surface area contributed by atoms with Crippen molar-refractivity contribution in [2.75, 3.05) is 20.1 Å². The van der Waals surface area contributed by atoms with Crippen LogP contribution in [0.3, 0.4) is 0 Å². The Kier molecular flexibility index (Phi) is 3.95. The molecule has 1 aliphatic rings. The number of likely N-dealkylation sites (tertiary alicyclic amines) is 1. The molecule has 0 amide bonds. The second kappa shape index (κ2) is 6.38. The van der Waals surface area contributed by atoms with Crippen LogP contribution in [0.5, 0.6) is 0 Å². The number of H-pyrrole nitrogens is 2. The van der Waals surface area contributed by atoms with E-state index in [1.165, 1.54) is 10.8 Å². The number of hydrogen-bond donors (Lipinski definition) is 2. The molecule has 0 bridgehead atoms. The maximum Gasteiger partial charge on any atom is 0.355 e. The molecule has 0 atom stereocenters. The SMILES string of the molecule is Cc1c(C(=O)OC2CCN(C)CC2)[nH]c2cc3c([nH]c4ccccc43)c(C)c12. The largest absolute Gasteiger partial charge is 0.458 e. The van der Waals surface area contributed by atoms with Crippen molar-refractivity contribution in [2.45, 2.75) is 32.8 Å². The molecule has 5 nitrogen and oxygen atoms in total. The van der Waals surface area contributed by atoms with Gasteiger partial charge in [0.2, 0.25) is 0 Å². The average molecular weight is 375 g/mol. The number of benzene rings is 2. The summed E-state index contributed by atoms with van der Waals surface area (Å²) in [5.41, 5.74) is 5.96. The minimum atomic E-state index is -0.240. The first-order chi connectivity index (χ1) is 13.5. The van der Waals surface area contributed by atoms with Gasteiger partial charge in [0.1, 0.15) is 11.8 Å². The van der Waals surface area contributed by atoms with Gasteiger partial charge in [-0.25, -0.2) is 4.79 Å². The number of rotatable bonds is 2. The third-order valence-corrected chi connectivity index (χ3v) is 6.21. The molecule has 5 heteroatoms. The number of esters is 1. The van der Waals surface area contributed by atoms with E-state index in [2.05, 4.69) is 53.1 Å². The summed E-state index contributed by atoms with van der Waals surface area (Å²) in [6, 6.07) is 10.5. The lowest BCUT2D eigenvalue weighted by Crippen LogP contribution is -2.35. The van der Waals surface area contributed by atoms with Crippen LogP contribution in [-0.2, 0) is 4.74 Å². The van der Waals surface area contributed by atoms with E-state index in [-0.39, 0.29) is 12.1 Å². The second-order valence-electron chi connectivity index (χ2n) is 8.05. The van der Waals surface area contributed by atoms with E-state index in [4.69, 9.17) is 4.74 Å². The molecule has 28 heavy (non-hydrogen) atoms. The maximum absolute atomic E-state index is 12.9. The Bertz CT molecular complexity index is 1210. The minimum absolute atomic E-state index is 0.00848. The zero-order chi connectivity index (χ0) is 19.4. The van der Waals surface area contributed by atoms with E-state index >= 15 is 0 Å². The van der Waals surface area contributed by atoms with Gasteiger partial charge in [0.15, 0.2) is 0 Å². The second-order valence-corrected chi connectivity index (χ2v) is 8.05. The zero-order valence-electron chi connectivity index (χ0n) is 16.6. The van der Waals surface area contributed by atoms with Crippen molar-refractivity contribution in [1.82, 2.24) is 14.9 Å². The number of nitrogens with one attached hydrogen (secondary N) is 2. The third kappa shape index (κ3) is 2.61. The lowest BCUT2D eigenvalue weighted by atomic mass is 10.0. The molecule has 2 N–H and O–H groups in total. The number of carbonyl (C=O) groups excluding carboxylic acids is 1. The number of hydrogen-bond acceptors (Lipinski definition) is 3. The summed E-state index contributed by atoms with van der Waals surface area (Å²) < 4.78 is 5.82. The van der Waals surface area contributed by atoms with Gasteiger partial charge >= 0.3 is 5.97 Å². The van der Waals surface area contributed by atoms with Crippen LogP contribution in [0.4, 0.5) is 0 Å². The molecule has 0 aliphatic carbocycles. The molecule has 2 aromatic carbocycles. The Labute approximate surface area is 163 Å². The Morgan fingerprint density at radius 1 is 1.04 bits per heavy atom. The van der Waals surface area contributed by atoms with Gasteiger partial charge in [0, 0.05) is 40.3 Å². The van der Waals surface area contributed by atoms with Crippen LogP contribution in [0.2, 0.25) is 0 Å². The Morgan fingerprint density at radius 3 is 2.57 bits per heavy atom. The zero-order valence-corrected chi connectivity index (χ0v) is 16.6. The quantitative estimate of drug-likeness (QED) is 0.501. The summed E-state index contributed by atoms with van der Waals surface area (Å²) in [4.78, 5) is 22.0. The average Bonchev–Trinajstić information content (AvgIpc) is 3.23. The number of carbonyl (C=O) groups is 1. The summed E-state index contributed by atoms with van der Waals surface area (Å²) in [5, 5.41) is 3.48. The predicted octanol–water partition coefficient (Wildman–Crippen LogP) is 4.67. The number of fused-ring (bicyclic) bond motifs is 4. The maximum atomic E-state index is 12.9. The van der Waals surface area contributed by atoms with Gasteiger partial charge in [-0.3, -0.25) is 0 Å². The van der Waals surface area contributed by atoms with Crippen LogP contribution < -0.4 is 0 Å². The highest BCUT2D eigenvalue weighted by Crippen LogP contribution is 2.35. The molecule has 2 aromatic heterocycles. The summed E-state index contributed by atoms with van der Waals surface area (Å²) in [6.45, 7) is 6.07. The standard InChI is InChI=1S/C23H25N3O2/c1-13-20-14(2)22(23(27)28-15-8-10-26(3)11-9-15)25-19(20)12-17-16-6-4-5-7-18(16)24-21(13)17/h4-7,12,15,24-25H,8-11H2,1-3H3. The lowest BCUT2D eigenvalue weighted by molar-refractivity contribution is 0.0133. The predicted molar refractivity (Wildman–Crippen MR) is 113 cm³/mol. The van der Waals surface area contributed by atoms with Crippen molar-refractivity contribution in [1.29, 1.82) is 0 Å². The smallest absolute Gasteiger partial charge is 0.355 e. The number of piperidine rings is 1. The molecular formula is C23H25N3O2. The van der Waals surface area contributed by atoms with Crippen LogP contribution in [0, 0.1) is 13.8 Å². The van der Waals surface area contributed by atoms with Crippen LogP contribution in [-0.4, -0.2) is 47.1 Å². The van der Waals surface area contributed by atoms with Crippen molar-refractivity contribution in [3.8, 4) is 0 Å². The van der Waals surface area contributed by atoms with Gasteiger partial charge in [-0.1, -0.05) is 18.2 Å². The van der Waals surface area contributed by atoms with Gasteiger partial charge in [0.25, 0.3) is 0 Å². The first-order valence-electron chi connectivity index (χ1n) is 9.94. The van der Waals surface area contributed by atoms with Gasteiger partial charge < -0.3 is 19.6 Å². The first-order valence-corrected chi connectivity index (χ1v) is 9.94. The Hall–Kier alpha value is -2.79. The Balaban J connectivity index is 1.57. The molecule has 1 fully saturated rings. The van der Waals surface area contributed by atoms with Crippen molar-refractivity contribution >= 4 is 38.7 Å². The van der Waals surface area contributed by atoms with Gasteiger partial charge in [-0.2, -0.15) is 0 Å². The monoisotopic (exact) mass is 375 g/mol. The van der Waals surface area contributed by atoms with Crippen LogP contribution in [0.25, 0.3) is 32.7 Å². The van der Waals surface area contributed by atoms with Gasteiger partial charge in [0.05, 0.1) is 5.52 Å². The molecule has 0 unspecified atom stereocenters. The molecular weight excluding hydrogens is 350 g/mol. The number of aromatic amines is 2. The molecule has 144 valence electrons. The van der Waals surface area contributed by atoms with E-state index in [0.29, 0.717) is 5.69 Å². The van der Waals surface area contributed by atoms with E-state index in [1.54, 1.807) is 0 Å². The molecule has 0 spiro atoms. The van der Waals surface area contributed by atoms with E-state index in [0.717, 1.165) is 59.0 Å². The van der Waals surface area contributed by atoms with E-state index in [9.17, 15) is 4.79 Å². The lowest BCUT2D eigenvalue weighted by Gasteiger charge is -2.28. The fraction of sp³-hybridized carbons (Fsp3) is 0.348. The van der Waals surface area contributed by atoms with Gasteiger partial charge in [-0.05, 0) is 57.0 Å². The van der Waals surface area contributed by atoms with E-state index in [1.807, 2.05) is 13.0 Å². The number of para-hydroxylation sites is 1. The molecule has 3 heterocycles. The first kappa shape index (κ1) is 17.3. The van der Waals surface area contributed by atoms with Crippen molar-refractivity contribution < 1.29 is 9.53 Å². The fourth-order valence-electron chi connectivity index (χ4n) is 4.61. The third-order valence-electron chi connectivity index (χ3n) is 6.21. The van der Waals surface area contributed by atoms with Crippen LogP contribution in [0.15, 0.2) is 30.3 Å². The van der Waals surface area contributed by atoms with Crippen molar-refractivity contribution in [3.05, 3.63) is 47.2 Å². The molecule has 5 rings (SSSR count). The number of ether oxygens (including phenoxy) is 1. The topological polar surface area (TPSA) is 61.1 Å². The molecule has 0 radical (unpaired) electrons. The summed E-state index contributed by atoms with van der Waals surface area (Å²) in [5.74, 6) is -0.240. The minimum Gasteiger partial charge on any atom is -0.458 e. The van der Waals surface area contributed by atoms with E-state index < -0.39 is 0 Å². The highest BCUT2D eigenvalue weighted by Gasteiger charge is 2.24. The molecule has 0 saturated carbocycles. The molecule has 1 aliphatic heterocycles.